The largest absolute Gasteiger partial charge is 0.486 e. The number of hydrogen-bond donors (Lipinski definition) is 1. The molecule has 0 saturated carbocycles. The van der Waals surface area contributed by atoms with Crippen LogP contribution in [0.4, 0.5) is 0 Å². The first kappa shape index (κ1) is 17.4. The van der Waals surface area contributed by atoms with E-state index in [1.807, 2.05) is 6.07 Å². The van der Waals surface area contributed by atoms with Crippen molar-refractivity contribution >= 4 is 16.9 Å². The molecule has 0 spiro atoms. The number of benzene rings is 2. The minimum atomic E-state index is -1.15. The molecule has 1 N–H and O–H groups in total. The van der Waals surface area contributed by atoms with Crippen molar-refractivity contribution in [1.29, 1.82) is 0 Å². The van der Waals surface area contributed by atoms with E-state index in [1.165, 1.54) is 18.4 Å². The molecule has 2 heterocycles. The Bertz CT molecular complexity index is 1190. The van der Waals surface area contributed by atoms with Crippen LogP contribution in [0.25, 0.3) is 11.0 Å². The number of para-hydroxylation sites is 1. The van der Waals surface area contributed by atoms with E-state index in [0.29, 0.717) is 28.2 Å². The summed E-state index contributed by atoms with van der Waals surface area (Å²) in [5.74, 6) is 0.130. The van der Waals surface area contributed by atoms with Crippen molar-refractivity contribution in [3.05, 3.63) is 88.7 Å². The Balaban J connectivity index is 1.53. The summed E-state index contributed by atoms with van der Waals surface area (Å²) >= 11 is 0. The van der Waals surface area contributed by atoms with Crippen molar-refractivity contribution in [3.8, 4) is 17.2 Å². The van der Waals surface area contributed by atoms with Gasteiger partial charge >= 0.3 is 5.97 Å². The zero-order valence-corrected chi connectivity index (χ0v) is 14.5. The molecule has 28 heavy (non-hydrogen) atoms. The van der Waals surface area contributed by atoms with Crippen molar-refractivity contribution in [2.24, 2.45) is 0 Å². The fourth-order valence-corrected chi connectivity index (χ4v) is 2.59. The lowest BCUT2D eigenvalue weighted by atomic mass is 10.2. The maximum absolute atomic E-state index is 12.6. The molecule has 4 rings (SSSR count). The van der Waals surface area contributed by atoms with Gasteiger partial charge in [-0.05, 0) is 36.4 Å². The van der Waals surface area contributed by atoms with Gasteiger partial charge in [-0.15, -0.1) is 0 Å². The van der Waals surface area contributed by atoms with Gasteiger partial charge in [0.1, 0.15) is 35.7 Å². The Morgan fingerprint density at radius 2 is 1.82 bits per heavy atom. The zero-order chi connectivity index (χ0) is 19.5. The molecule has 0 unspecified atom stereocenters. The van der Waals surface area contributed by atoms with E-state index in [1.54, 1.807) is 42.5 Å². The van der Waals surface area contributed by atoms with Gasteiger partial charge in [0, 0.05) is 6.07 Å². The zero-order valence-electron chi connectivity index (χ0n) is 14.5. The summed E-state index contributed by atoms with van der Waals surface area (Å²) in [5, 5.41) is 9.21. The summed E-state index contributed by atoms with van der Waals surface area (Å²) in [5.41, 5.74) is 0.0439. The molecular weight excluding hydrogens is 364 g/mol. The molecule has 0 atom stereocenters. The number of hydrogen-bond acceptors (Lipinski definition) is 6. The van der Waals surface area contributed by atoms with Crippen LogP contribution in [0.2, 0.25) is 0 Å². The van der Waals surface area contributed by atoms with Crippen LogP contribution in [0.1, 0.15) is 16.3 Å². The lowest BCUT2D eigenvalue weighted by molar-refractivity contribution is 0.0658. The third-order valence-corrected chi connectivity index (χ3v) is 3.94. The van der Waals surface area contributed by atoms with Gasteiger partial charge in [-0.25, -0.2) is 4.79 Å². The van der Waals surface area contributed by atoms with Gasteiger partial charge in [0.05, 0.1) is 5.39 Å². The van der Waals surface area contributed by atoms with E-state index in [2.05, 4.69) is 0 Å². The molecule has 7 heteroatoms. The van der Waals surface area contributed by atoms with Crippen molar-refractivity contribution < 1.29 is 28.2 Å². The third kappa shape index (κ3) is 3.59. The van der Waals surface area contributed by atoms with Crippen LogP contribution in [0, 0.1) is 0 Å². The maximum atomic E-state index is 12.6. The summed E-state index contributed by atoms with van der Waals surface area (Å²) < 4.78 is 21.8. The molecule has 7 nitrogen and oxygen atoms in total. The Hall–Kier alpha value is -4.00. The predicted octanol–water partition coefficient (Wildman–Crippen LogP) is 4.46. The smallest absolute Gasteiger partial charge is 0.371 e. The highest BCUT2D eigenvalue weighted by Crippen LogP contribution is 2.24. The van der Waals surface area contributed by atoms with E-state index < -0.39 is 5.97 Å². The monoisotopic (exact) mass is 378 g/mol. The summed E-state index contributed by atoms with van der Waals surface area (Å²) in [7, 11) is 0. The Morgan fingerprint density at radius 3 is 2.57 bits per heavy atom. The number of rotatable bonds is 6. The molecule has 0 saturated heterocycles. The molecule has 0 aliphatic rings. The number of carboxylic acids is 1. The van der Waals surface area contributed by atoms with Gasteiger partial charge in [0.2, 0.25) is 16.9 Å². The van der Waals surface area contributed by atoms with Gasteiger partial charge in [-0.3, -0.25) is 4.79 Å². The van der Waals surface area contributed by atoms with Crippen LogP contribution in [0.3, 0.4) is 0 Å². The number of aromatic carboxylic acids is 1. The number of fused-ring (bicyclic) bond motifs is 1. The van der Waals surface area contributed by atoms with E-state index in [9.17, 15) is 9.59 Å². The second-order valence-corrected chi connectivity index (χ2v) is 5.86. The minimum Gasteiger partial charge on any atom is -0.486 e. The predicted molar refractivity (Wildman–Crippen MR) is 99.0 cm³/mol. The SMILES string of the molecule is O=C(O)c1ccc(COc2ccc3c(=O)c(Oc4ccccc4)coc3c2)o1. The Labute approximate surface area is 158 Å². The van der Waals surface area contributed by atoms with Gasteiger partial charge in [0.15, 0.2) is 0 Å². The minimum absolute atomic E-state index is 0.0399. The highest BCUT2D eigenvalue weighted by atomic mass is 16.5. The summed E-state index contributed by atoms with van der Waals surface area (Å²) in [6.45, 7) is 0.0399. The van der Waals surface area contributed by atoms with Crippen molar-refractivity contribution in [2.75, 3.05) is 0 Å². The van der Waals surface area contributed by atoms with Gasteiger partial charge in [-0.1, -0.05) is 18.2 Å². The van der Waals surface area contributed by atoms with E-state index in [0.717, 1.165) is 0 Å². The fourth-order valence-electron chi connectivity index (χ4n) is 2.59. The molecule has 0 aliphatic carbocycles. The van der Waals surface area contributed by atoms with Gasteiger partial charge in [0.25, 0.3) is 0 Å². The van der Waals surface area contributed by atoms with Crippen LogP contribution in [0.15, 0.2) is 80.6 Å². The second-order valence-electron chi connectivity index (χ2n) is 5.86. The molecule has 0 aliphatic heterocycles. The van der Waals surface area contributed by atoms with Gasteiger partial charge < -0.3 is 23.4 Å². The number of carboxylic acid groups (broad SMARTS) is 1. The summed E-state index contributed by atoms with van der Waals surface area (Å²) in [4.78, 5) is 23.4. The molecule has 0 bridgehead atoms. The van der Waals surface area contributed by atoms with Crippen molar-refractivity contribution in [3.63, 3.8) is 0 Å². The molecule has 0 radical (unpaired) electrons. The Kier molecular flexibility index (Phi) is 4.55. The van der Waals surface area contributed by atoms with Crippen molar-refractivity contribution in [1.82, 2.24) is 0 Å². The number of carbonyl (C=O) groups is 1. The molecule has 2 aromatic carbocycles. The molecule has 2 aromatic heterocycles. The Morgan fingerprint density at radius 1 is 1.00 bits per heavy atom. The molecular formula is C21H14O7. The molecule has 0 fully saturated rings. The number of ether oxygens (including phenoxy) is 2. The van der Waals surface area contributed by atoms with E-state index in [4.69, 9.17) is 23.4 Å². The number of furan rings is 1. The normalized spacial score (nSPS) is 10.7. The first-order valence-electron chi connectivity index (χ1n) is 8.33. The topological polar surface area (TPSA) is 99.1 Å². The quantitative estimate of drug-likeness (QED) is 0.529. The van der Waals surface area contributed by atoms with E-state index in [-0.39, 0.29) is 23.5 Å². The fraction of sp³-hybridized carbons (Fsp3) is 0.0476. The first-order valence-corrected chi connectivity index (χ1v) is 8.33. The second kappa shape index (κ2) is 7.32. The van der Waals surface area contributed by atoms with Crippen LogP contribution in [-0.4, -0.2) is 11.1 Å². The third-order valence-electron chi connectivity index (χ3n) is 3.94. The highest BCUT2D eigenvalue weighted by molar-refractivity contribution is 5.84. The molecule has 4 aromatic rings. The average molecular weight is 378 g/mol. The average Bonchev–Trinajstić information content (AvgIpc) is 3.19. The summed E-state index contributed by atoms with van der Waals surface area (Å²) in [6.07, 6.45) is 1.26. The molecule has 0 amide bonds. The summed E-state index contributed by atoms with van der Waals surface area (Å²) in [6, 6.07) is 16.6. The maximum Gasteiger partial charge on any atom is 0.371 e. The van der Waals surface area contributed by atoms with E-state index >= 15 is 0 Å². The van der Waals surface area contributed by atoms with Crippen LogP contribution in [0.5, 0.6) is 17.2 Å². The van der Waals surface area contributed by atoms with Crippen LogP contribution >= 0.6 is 0 Å². The highest BCUT2D eigenvalue weighted by Gasteiger charge is 2.12. The first-order chi connectivity index (χ1) is 13.6. The lowest BCUT2D eigenvalue weighted by Gasteiger charge is -2.07. The van der Waals surface area contributed by atoms with Crippen LogP contribution < -0.4 is 14.9 Å². The standard InChI is InChI=1S/C21H14O7/c22-20-16-8-6-14(25-11-15-7-9-17(28-15)21(23)24)10-18(16)26-12-19(20)27-13-4-2-1-3-5-13/h1-10,12H,11H2,(H,23,24). The van der Waals surface area contributed by atoms with Crippen LogP contribution in [-0.2, 0) is 6.61 Å². The van der Waals surface area contributed by atoms with Gasteiger partial charge in [-0.2, -0.15) is 0 Å². The molecule has 140 valence electrons. The van der Waals surface area contributed by atoms with Crippen molar-refractivity contribution in [2.45, 2.75) is 6.61 Å². The lowest BCUT2D eigenvalue weighted by Crippen LogP contribution is -2.05.